The summed E-state index contributed by atoms with van der Waals surface area (Å²) >= 11 is 0. The van der Waals surface area contributed by atoms with Crippen molar-refractivity contribution in [1.82, 2.24) is 4.98 Å². The van der Waals surface area contributed by atoms with Crippen molar-refractivity contribution in [3.8, 4) is 0 Å². The Bertz CT molecular complexity index is 609. The van der Waals surface area contributed by atoms with E-state index in [9.17, 15) is 9.90 Å². The minimum absolute atomic E-state index is 0.288. The molecule has 4 rings (SSSR count). The lowest BCUT2D eigenvalue weighted by Gasteiger charge is -2.19. The highest BCUT2D eigenvalue weighted by molar-refractivity contribution is 5.96. The maximum atomic E-state index is 11.4. The summed E-state index contributed by atoms with van der Waals surface area (Å²) in [6, 6.07) is 0.361. The van der Waals surface area contributed by atoms with Gasteiger partial charge in [-0.25, -0.2) is 9.78 Å². The van der Waals surface area contributed by atoms with Gasteiger partial charge in [0.1, 0.15) is 11.4 Å². The average Bonchev–Trinajstić information content (AvgIpc) is 2.83. The Labute approximate surface area is 110 Å². The fourth-order valence-electron chi connectivity index (χ4n) is 3.20. The van der Waals surface area contributed by atoms with Crippen LogP contribution >= 0.6 is 0 Å². The first-order chi connectivity index (χ1) is 9.24. The van der Waals surface area contributed by atoms with Crippen LogP contribution < -0.4 is 10.6 Å². The first-order valence-corrected chi connectivity index (χ1v) is 6.68. The molecule has 0 unspecified atom stereocenters. The molecule has 2 atom stereocenters. The standard InChI is InChI=1S/C14H15N3O2/c18-14(19)10-6-16-13-8(3-4-15-13)12(10)17-11-2-1-7-5-9(7)11/h1,6,9,11H,2-5H2,(H,18,19)(H2,15,16,17)/t9-,11-/m0/s1. The summed E-state index contributed by atoms with van der Waals surface area (Å²) in [5.41, 5.74) is 3.61. The molecule has 0 aromatic carbocycles. The smallest absolute Gasteiger partial charge is 0.339 e. The number of anilines is 2. The molecule has 0 radical (unpaired) electrons. The Balaban J connectivity index is 1.72. The summed E-state index contributed by atoms with van der Waals surface area (Å²) in [6.07, 6.45) is 6.75. The number of hydrogen-bond acceptors (Lipinski definition) is 4. The van der Waals surface area contributed by atoms with Gasteiger partial charge in [0.25, 0.3) is 0 Å². The molecule has 0 spiro atoms. The van der Waals surface area contributed by atoms with Crippen LogP contribution in [-0.4, -0.2) is 28.6 Å². The van der Waals surface area contributed by atoms with Gasteiger partial charge in [0.2, 0.25) is 0 Å². The van der Waals surface area contributed by atoms with E-state index in [2.05, 4.69) is 21.7 Å². The molecule has 1 saturated carbocycles. The van der Waals surface area contributed by atoms with Crippen LogP contribution in [0.25, 0.3) is 0 Å². The van der Waals surface area contributed by atoms with Crippen LogP contribution in [0.3, 0.4) is 0 Å². The van der Waals surface area contributed by atoms with Gasteiger partial charge in [-0.05, 0) is 19.3 Å². The minimum atomic E-state index is -0.910. The van der Waals surface area contributed by atoms with E-state index < -0.39 is 5.97 Å². The normalized spacial score (nSPS) is 26.2. The average molecular weight is 257 g/mol. The fraction of sp³-hybridized carbons (Fsp3) is 0.429. The number of fused-ring (bicyclic) bond motifs is 2. The van der Waals surface area contributed by atoms with Gasteiger partial charge in [-0.1, -0.05) is 11.6 Å². The number of carboxylic acids is 1. The molecule has 5 nitrogen and oxygen atoms in total. The third-order valence-corrected chi connectivity index (χ3v) is 4.30. The van der Waals surface area contributed by atoms with Crippen LogP contribution in [0.15, 0.2) is 17.8 Å². The van der Waals surface area contributed by atoms with Gasteiger partial charge in [0, 0.05) is 30.3 Å². The number of carboxylic acid groups (broad SMARTS) is 1. The van der Waals surface area contributed by atoms with E-state index in [0.717, 1.165) is 36.5 Å². The third kappa shape index (κ3) is 1.61. The van der Waals surface area contributed by atoms with Crippen molar-refractivity contribution in [2.45, 2.75) is 25.3 Å². The van der Waals surface area contributed by atoms with Crippen LogP contribution in [0.1, 0.15) is 28.8 Å². The van der Waals surface area contributed by atoms with Gasteiger partial charge in [-0.15, -0.1) is 0 Å². The van der Waals surface area contributed by atoms with Gasteiger partial charge in [0.15, 0.2) is 0 Å². The maximum absolute atomic E-state index is 11.4. The highest BCUT2D eigenvalue weighted by atomic mass is 16.4. The van der Waals surface area contributed by atoms with Crippen molar-refractivity contribution in [2.75, 3.05) is 17.2 Å². The molecule has 5 heteroatoms. The molecule has 1 aliphatic heterocycles. The summed E-state index contributed by atoms with van der Waals surface area (Å²) in [6.45, 7) is 0.831. The Hall–Kier alpha value is -2.04. The number of aromatic nitrogens is 1. The van der Waals surface area contributed by atoms with Gasteiger partial charge >= 0.3 is 5.97 Å². The lowest BCUT2D eigenvalue weighted by atomic mass is 10.1. The molecule has 1 aromatic rings. The lowest BCUT2D eigenvalue weighted by Crippen LogP contribution is -2.22. The maximum Gasteiger partial charge on any atom is 0.339 e. The lowest BCUT2D eigenvalue weighted by molar-refractivity contribution is 0.0697. The predicted molar refractivity (Wildman–Crippen MR) is 71.6 cm³/mol. The molecule has 2 heterocycles. The number of nitrogens with one attached hydrogen (secondary N) is 2. The Morgan fingerprint density at radius 1 is 1.53 bits per heavy atom. The van der Waals surface area contributed by atoms with Gasteiger partial charge < -0.3 is 15.7 Å². The van der Waals surface area contributed by atoms with Crippen LogP contribution in [-0.2, 0) is 6.42 Å². The van der Waals surface area contributed by atoms with Crippen LogP contribution in [0.4, 0.5) is 11.5 Å². The molecule has 3 aliphatic rings. The monoisotopic (exact) mass is 257 g/mol. The van der Waals surface area contributed by atoms with Gasteiger partial charge in [0.05, 0.1) is 5.69 Å². The topological polar surface area (TPSA) is 74.2 Å². The zero-order chi connectivity index (χ0) is 13.0. The summed E-state index contributed by atoms with van der Waals surface area (Å²) < 4.78 is 0. The molecule has 1 aromatic heterocycles. The summed E-state index contributed by atoms with van der Waals surface area (Å²) in [4.78, 5) is 15.6. The Kier molecular flexibility index (Phi) is 2.13. The fourth-order valence-corrected chi connectivity index (χ4v) is 3.20. The van der Waals surface area contributed by atoms with E-state index in [4.69, 9.17) is 0 Å². The highest BCUT2D eigenvalue weighted by Gasteiger charge is 2.41. The molecule has 2 aliphatic carbocycles. The van der Waals surface area contributed by atoms with Crippen molar-refractivity contribution in [3.63, 3.8) is 0 Å². The summed E-state index contributed by atoms with van der Waals surface area (Å²) in [5.74, 6) is 0.543. The van der Waals surface area contributed by atoms with E-state index in [1.807, 2.05) is 0 Å². The summed E-state index contributed by atoms with van der Waals surface area (Å²) in [7, 11) is 0. The SMILES string of the molecule is O=C(O)c1cnc2c(c1N[C@H]1CC=C3C[C@@H]31)CCN2. The molecular formula is C14H15N3O2. The van der Waals surface area contributed by atoms with Gasteiger partial charge in [-0.3, -0.25) is 0 Å². The first kappa shape index (κ1) is 10.8. The van der Waals surface area contributed by atoms with Crippen molar-refractivity contribution >= 4 is 17.5 Å². The van der Waals surface area contributed by atoms with Crippen molar-refractivity contribution in [2.24, 2.45) is 5.92 Å². The van der Waals surface area contributed by atoms with Crippen LogP contribution in [0.5, 0.6) is 0 Å². The quantitative estimate of drug-likeness (QED) is 0.721. The van der Waals surface area contributed by atoms with E-state index in [1.165, 1.54) is 18.2 Å². The zero-order valence-corrected chi connectivity index (χ0v) is 10.4. The van der Waals surface area contributed by atoms with Crippen LogP contribution in [0, 0.1) is 5.92 Å². The predicted octanol–water partition coefficient (Wildman–Crippen LogP) is 1.88. The second-order valence-electron chi connectivity index (χ2n) is 5.43. The number of rotatable bonds is 3. The second kappa shape index (κ2) is 3.73. The molecular weight excluding hydrogens is 242 g/mol. The Morgan fingerprint density at radius 2 is 2.42 bits per heavy atom. The highest BCUT2D eigenvalue weighted by Crippen LogP contribution is 2.48. The molecule has 19 heavy (non-hydrogen) atoms. The molecule has 98 valence electrons. The molecule has 0 bridgehead atoms. The number of pyridine rings is 1. The first-order valence-electron chi connectivity index (χ1n) is 6.68. The number of aromatic carboxylic acids is 1. The molecule has 0 amide bonds. The summed E-state index contributed by atoms with van der Waals surface area (Å²) in [5, 5.41) is 16.0. The largest absolute Gasteiger partial charge is 0.478 e. The molecule has 1 fully saturated rings. The van der Waals surface area contributed by atoms with Crippen molar-refractivity contribution < 1.29 is 9.90 Å². The van der Waals surface area contributed by atoms with E-state index in [1.54, 1.807) is 0 Å². The van der Waals surface area contributed by atoms with Gasteiger partial charge in [-0.2, -0.15) is 0 Å². The minimum Gasteiger partial charge on any atom is -0.478 e. The van der Waals surface area contributed by atoms with E-state index >= 15 is 0 Å². The second-order valence-corrected chi connectivity index (χ2v) is 5.43. The van der Waals surface area contributed by atoms with E-state index in [-0.39, 0.29) is 5.56 Å². The Morgan fingerprint density at radius 3 is 3.11 bits per heavy atom. The zero-order valence-electron chi connectivity index (χ0n) is 10.4. The van der Waals surface area contributed by atoms with Crippen LogP contribution in [0.2, 0.25) is 0 Å². The van der Waals surface area contributed by atoms with E-state index in [0.29, 0.717) is 12.0 Å². The number of nitrogens with zero attached hydrogens (tertiary/aromatic N) is 1. The van der Waals surface area contributed by atoms with Crippen molar-refractivity contribution in [3.05, 3.63) is 29.0 Å². The number of carbonyl (C=O) groups is 1. The van der Waals surface area contributed by atoms with Crippen molar-refractivity contribution in [1.29, 1.82) is 0 Å². The molecule has 0 saturated heterocycles. The molecule has 3 N–H and O–H groups in total. The third-order valence-electron chi connectivity index (χ3n) is 4.30. The number of hydrogen-bond donors (Lipinski definition) is 3.